The van der Waals surface area contributed by atoms with Gasteiger partial charge >= 0.3 is 0 Å². The number of ether oxygens (including phenoxy) is 2. The van der Waals surface area contributed by atoms with Crippen molar-refractivity contribution in [2.75, 3.05) is 27.3 Å². The molecule has 2 atom stereocenters. The lowest BCUT2D eigenvalue weighted by Gasteiger charge is -2.30. The minimum atomic E-state index is -0.161. The van der Waals surface area contributed by atoms with E-state index in [1.807, 2.05) is 17.0 Å². The van der Waals surface area contributed by atoms with E-state index in [0.717, 1.165) is 24.2 Å². The lowest BCUT2D eigenvalue weighted by atomic mass is 9.98. The largest absolute Gasteiger partial charge is 0.493 e. The zero-order valence-corrected chi connectivity index (χ0v) is 16.7. The Labute approximate surface area is 161 Å². The first kappa shape index (κ1) is 19.5. The summed E-state index contributed by atoms with van der Waals surface area (Å²) < 4.78 is 10.7. The highest BCUT2D eigenvalue weighted by molar-refractivity contribution is 5.92. The van der Waals surface area contributed by atoms with E-state index in [0.29, 0.717) is 37.7 Å². The molecule has 0 saturated heterocycles. The third-order valence-corrected chi connectivity index (χ3v) is 5.50. The van der Waals surface area contributed by atoms with Crippen LogP contribution in [0.3, 0.4) is 0 Å². The van der Waals surface area contributed by atoms with E-state index in [9.17, 15) is 9.59 Å². The minimum absolute atomic E-state index is 0.0258. The van der Waals surface area contributed by atoms with Crippen molar-refractivity contribution < 1.29 is 19.1 Å². The van der Waals surface area contributed by atoms with Crippen LogP contribution in [-0.4, -0.2) is 44.0 Å². The third kappa shape index (κ3) is 4.37. The molecule has 0 radical (unpaired) electrons. The molecule has 0 bridgehead atoms. The molecule has 1 aromatic rings. The molecule has 148 valence electrons. The molecule has 1 heterocycles. The van der Waals surface area contributed by atoms with Crippen LogP contribution in [-0.2, 0) is 22.6 Å². The number of hydrogen-bond donors (Lipinski definition) is 1. The van der Waals surface area contributed by atoms with Gasteiger partial charge in [-0.25, -0.2) is 0 Å². The summed E-state index contributed by atoms with van der Waals surface area (Å²) in [7, 11) is 3.24. The maximum atomic E-state index is 12.8. The van der Waals surface area contributed by atoms with Gasteiger partial charge in [0.2, 0.25) is 11.8 Å². The summed E-state index contributed by atoms with van der Waals surface area (Å²) in [6, 6.07) is 3.95. The summed E-state index contributed by atoms with van der Waals surface area (Å²) in [5.41, 5.74) is 2.28. The average Bonchev–Trinajstić information content (AvgIpc) is 3.46. The van der Waals surface area contributed by atoms with Gasteiger partial charge in [-0.1, -0.05) is 13.8 Å². The molecule has 1 N–H and O–H groups in total. The van der Waals surface area contributed by atoms with Gasteiger partial charge in [0.25, 0.3) is 0 Å². The Morgan fingerprint density at radius 2 is 1.81 bits per heavy atom. The Balaban J connectivity index is 1.58. The molecule has 2 aliphatic rings. The zero-order chi connectivity index (χ0) is 19.6. The van der Waals surface area contributed by atoms with Gasteiger partial charge in [0.1, 0.15) is 0 Å². The third-order valence-electron chi connectivity index (χ3n) is 5.50. The maximum absolute atomic E-state index is 12.8. The average molecular weight is 374 g/mol. The number of carbonyl (C=O) groups is 2. The molecule has 2 unspecified atom stereocenters. The summed E-state index contributed by atoms with van der Waals surface area (Å²) in [4.78, 5) is 26.9. The van der Waals surface area contributed by atoms with Gasteiger partial charge in [0, 0.05) is 19.6 Å². The Kier molecular flexibility index (Phi) is 5.92. The summed E-state index contributed by atoms with van der Waals surface area (Å²) in [5, 5.41) is 2.97. The Bertz CT molecular complexity index is 716. The van der Waals surface area contributed by atoms with Gasteiger partial charge in [-0.3, -0.25) is 9.59 Å². The van der Waals surface area contributed by atoms with E-state index in [2.05, 4.69) is 19.2 Å². The number of rotatable bonds is 7. The fraction of sp³-hybridized carbons (Fsp3) is 0.619. The van der Waals surface area contributed by atoms with Gasteiger partial charge in [-0.05, 0) is 48.4 Å². The van der Waals surface area contributed by atoms with Crippen LogP contribution in [0.4, 0.5) is 0 Å². The Morgan fingerprint density at radius 1 is 1.15 bits per heavy atom. The van der Waals surface area contributed by atoms with E-state index in [4.69, 9.17) is 9.47 Å². The maximum Gasteiger partial charge on any atom is 0.226 e. The second kappa shape index (κ2) is 8.19. The Hall–Kier alpha value is -2.24. The summed E-state index contributed by atoms with van der Waals surface area (Å²) in [6.07, 6.45) is 2.42. The topological polar surface area (TPSA) is 67.9 Å². The molecule has 27 heavy (non-hydrogen) atoms. The van der Waals surface area contributed by atoms with Crippen LogP contribution in [0.5, 0.6) is 11.5 Å². The molecule has 1 aromatic carbocycles. The lowest BCUT2D eigenvalue weighted by Crippen LogP contribution is -2.38. The molecule has 1 aliphatic heterocycles. The molecule has 2 amide bonds. The number of carbonyl (C=O) groups excluding carboxylic acids is 2. The second-order valence-corrected chi connectivity index (χ2v) is 7.91. The summed E-state index contributed by atoms with van der Waals surface area (Å²) in [6.45, 7) is 6.20. The molecule has 6 heteroatoms. The van der Waals surface area contributed by atoms with E-state index in [1.54, 1.807) is 14.2 Å². The van der Waals surface area contributed by atoms with Crippen molar-refractivity contribution in [2.45, 2.75) is 39.7 Å². The van der Waals surface area contributed by atoms with Gasteiger partial charge in [0.15, 0.2) is 11.5 Å². The van der Waals surface area contributed by atoms with Crippen LogP contribution >= 0.6 is 0 Å². The summed E-state index contributed by atoms with van der Waals surface area (Å²) in [5.74, 6) is 1.76. The van der Waals surface area contributed by atoms with Crippen molar-refractivity contribution in [1.82, 2.24) is 10.2 Å². The number of amides is 2. The first-order valence-electron chi connectivity index (χ1n) is 9.74. The van der Waals surface area contributed by atoms with Gasteiger partial charge < -0.3 is 19.7 Å². The predicted octanol–water partition coefficient (Wildman–Crippen LogP) is 2.39. The monoisotopic (exact) mass is 374 g/mol. The van der Waals surface area contributed by atoms with Crippen LogP contribution in [0.1, 0.15) is 37.8 Å². The van der Waals surface area contributed by atoms with Crippen molar-refractivity contribution in [1.29, 1.82) is 0 Å². The lowest BCUT2D eigenvalue weighted by molar-refractivity contribution is -0.135. The van der Waals surface area contributed by atoms with Gasteiger partial charge in [-0.15, -0.1) is 0 Å². The molecule has 1 fully saturated rings. The van der Waals surface area contributed by atoms with Crippen molar-refractivity contribution in [3.8, 4) is 11.5 Å². The molecule has 6 nitrogen and oxygen atoms in total. The number of methoxy groups -OCH3 is 2. The fourth-order valence-electron chi connectivity index (χ4n) is 3.68. The van der Waals surface area contributed by atoms with Crippen molar-refractivity contribution >= 4 is 11.8 Å². The van der Waals surface area contributed by atoms with Crippen LogP contribution < -0.4 is 14.8 Å². The molecular weight excluding hydrogens is 344 g/mol. The number of nitrogens with zero attached hydrogens (tertiary/aromatic N) is 1. The number of benzene rings is 1. The van der Waals surface area contributed by atoms with Crippen LogP contribution in [0.15, 0.2) is 12.1 Å². The first-order valence-corrected chi connectivity index (χ1v) is 9.74. The molecule has 3 rings (SSSR count). The quantitative estimate of drug-likeness (QED) is 0.796. The number of fused-ring (bicyclic) bond motifs is 1. The van der Waals surface area contributed by atoms with E-state index < -0.39 is 0 Å². The van der Waals surface area contributed by atoms with E-state index in [1.165, 1.54) is 5.56 Å². The van der Waals surface area contributed by atoms with Gasteiger partial charge in [0.05, 0.1) is 26.1 Å². The second-order valence-electron chi connectivity index (χ2n) is 7.91. The highest BCUT2D eigenvalue weighted by atomic mass is 16.5. The van der Waals surface area contributed by atoms with Crippen LogP contribution in [0, 0.1) is 17.8 Å². The number of hydrogen-bond acceptors (Lipinski definition) is 4. The predicted molar refractivity (Wildman–Crippen MR) is 103 cm³/mol. The molecule has 1 aliphatic carbocycles. The molecule has 0 aromatic heterocycles. The SMILES string of the molecule is COc1cc2c(cc1OC)CN(C(=O)C1CC1C(=O)NCCC(C)C)CC2. The highest BCUT2D eigenvalue weighted by Gasteiger charge is 2.49. The molecule has 1 saturated carbocycles. The van der Waals surface area contributed by atoms with Crippen LogP contribution in [0.2, 0.25) is 0 Å². The Morgan fingerprint density at radius 3 is 2.44 bits per heavy atom. The zero-order valence-electron chi connectivity index (χ0n) is 16.7. The van der Waals surface area contributed by atoms with E-state index in [-0.39, 0.29) is 23.7 Å². The first-order chi connectivity index (χ1) is 12.9. The van der Waals surface area contributed by atoms with E-state index >= 15 is 0 Å². The smallest absolute Gasteiger partial charge is 0.226 e. The minimum Gasteiger partial charge on any atom is -0.493 e. The van der Waals surface area contributed by atoms with Crippen molar-refractivity contribution in [2.24, 2.45) is 17.8 Å². The van der Waals surface area contributed by atoms with Crippen molar-refractivity contribution in [3.63, 3.8) is 0 Å². The van der Waals surface area contributed by atoms with Crippen LogP contribution in [0.25, 0.3) is 0 Å². The fourth-order valence-corrected chi connectivity index (χ4v) is 3.68. The number of nitrogens with one attached hydrogen (secondary N) is 1. The highest BCUT2D eigenvalue weighted by Crippen LogP contribution is 2.41. The standard InChI is InChI=1S/C21H30N2O4/c1-13(2)5-7-22-20(24)16-11-17(16)21(25)23-8-6-14-9-18(26-3)19(27-4)10-15(14)12-23/h9-10,13,16-17H,5-8,11-12H2,1-4H3,(H,22,24). The summed E-state index contributed by atoms with van der Waals surface area (Å²) >= 11 is 0. The normalized spacial score (nSPS) is 20.9. The van der Waals surface area contributed by atoms with Crippen molar-refractivity contribution in [3.05, 3.63) is 23.3 Å². The molecular formula is C21H30N2O4. The molecule has 0 spiro atoms. The van der Waals surface area contributed by atoms with Gasteiger partial charge in [-0.2, -0.15) is 0 Å².